The summed E-state index contributed by atoms with van der Waals surface area (Å²) in [6.45, 7) is 1.56. The largest absolute Gasteiger partial charge is 0.482 e. The van der Waals surface area contributed by atoms with E-state index in [0.717, 1.165) is 5.56 Å². The van der Waals surface area contributed by atoms with E-state index in [9.17, 15) is 4.79 Å². The minimum Gasteiger partial charge on any atom is -0.482 e. The molecule has 1 amide bonds. The van der Waals surface area contributed by atoms with Crippen molar-refractivity contribution in [2.24, 2.45) is 0 Å². The molecule has 0 unspecified atom stereocenters. The normalized spacial score (nSPS) is 10.4. The van der Waals surface area contributed by atoms with Gasteiger partial charge in [0.1, 0.15) is 5.75 Å². The average Bonchev–Trinajstić information content (AvgIpc) is 2.42. The van der Waals surface area contributed by atoms with Gasteiger partial charge < -0.3 is 15.8 Å². The first-order valence-electron chi connectivity index (χ1n) is 6.30. The van der Waals surface area contributed by atoms with Crippen LogP contribution in [-0.4, -0.2) is 12.5 Å². The minimum absolute atomic E-state index is 0.229. The zero-order valence-electron chi connectivity index (χ0n) is 11.6. The molecule has 2 aromatic carbocycles. The molecule has 3 N–H and O–H groups in total. The Morgan fingerprint density at radius 3 is 2.59 bits per heavy atom. The second kappa shape index (κ2) is 7.09. The van der Waals surface area contributed by atoms with Crippen LogP contribution in [0.1, 0.15) is 5.56 Å². The lowest BCUT2D eigenvalue weighted by molar-refractivity contribution is -0.118. The van der Waals surface area contributed by atoms with Gasteiger partial charge in [0.25, 0.3) is 5.91 Å². The standard InChI is InChI=1S/C15H13Cl3N2O2/c1-8-5-9(16)6-11(18)15(8)22-7-13(21)20-14-10(17)3-2-4-12(14)19/h2-6H,7,19H2,1H3,(H,20,21). The van der Waals surface area contributed by atoms with Gasteiger partial charge in [-0.2, -0.15) is 0 Å². The molecule has 0 aliphatic rings. The molecule has 7 heteroatoms. The summed E-state index contributed by atoms with van der Waals surface area (Å²) in [6, 6.07) is 8.22. The SMILES string of the molecule is Cc1cc(Cl)cc(Cl)c1OCC(=O)Nc1c(N)cccc1Cl. The Balaban J connectivity index is 2.05. The number of nitrogens with two attached hydrogens (primary N) is 1. The van der Waals surface area contributed by atoms with Gasteiger partial charge in [-0.1, -0.05) is 40.9 Å². The Morgan fingerprint density at radius 2 is 1.95 bits per heavy atom. The van der Waals surface area contributed by atoms with Crippen molar-refractivity contribution in [1.29, 1.82) is 0 Å². The van der Waals surface area contributed by atoms with Crippen molar-refractivity contribution in [3.8, 4) is 5.75 Å². The van der Waals surface area contributed by atoms with E-state index < -0.39 is 5.91 Å². The number of rotatable bonds is 4. The summed E-state index contributed by atoms with van der Waals surface area (Å²) in [6.07, 6.45) is 0. The molecule has 0 heterocycles. The van der Waals surface area contributed by atoms with Crippen LogP contribution in [0.3, 0.4) is 0 Å². The molecule has 0 spiro atoms. The van der Waals surface area contributed by atoms with Crippen LogP contribution in [0.5, 0.6) is 5.75 Å². The number of hydrogen-bond donors (Lipinski definition) is 2. The molecule has 22 heavy (non-hydrogen) atoms. The third-order valence-corrected chi connectivity index (χ3v) is 3.67. The Labute approximate surface area is 143 Å². The van der Waals surface area contributed by atoms with E-state index in [1.165, 1.54) is 0 Å². The number of amides is 1. The van der Waals surface area contributed by atoms with Gasteiger partial charge in [-0.05, 0) is 36.8 Å². The highest BCUT2D eigenvalue weighted by molar-refractivity contribution is 6.36. The highest BCUT2D eigenvalue weighted by Crippen LogP contribution is 2.32. The van der Waals surface area contributed by atoms with E-state index in [1.807, 2.05) is 0 Å². The van der Waals surface area contributed by atoms with E-state index in [1.54, 1.807) is 37.3 Å². The molecule has 0 atom stereocenters. The number of hydrogen-bond acceptors (Lipinski definition) is 3. The molecule has 0 saturated heterocycles. The van der Waals surface area contributed by atoms with Gasteiger partial charge in [-0.3, -0.25) is 4.79 Å². The van der Waals surface area contributed by atoms with Crippen molar-refractivity contribution in [2.75, 3.05) is 17.7 Å². The predicted molar refractivity (Wildman–Crippen MR) is 91.2 cm³/mol. The molecule has 0 radical (unpaired) electrons. The summed E-state index contributed by atoms with van der Waals surface area (Å²) in [5.41, 5.74) is 7.24. The van der Waals surface area contributed by atoms with E-state index in [0.29, 0.717) is 32.2 Å². The maximum atomic E-state index is 12.0. The zero-order chi connectivity index (χ0) is 16.3. The van der Waals surface area contributed by atoms with Gasteiger partial charge in [-0.15, -0.1) is 0 Å². The van der Waals surface area contributed by atoms with Crippen molar-refractivity contribution in [2.45, 2.75) is 6.92 Å². The molecular weight excluding hydrogens is 347 g/mol. The summed E-state index contributed by atoms with van der Waals surface area (Å²) >= 11 is 17.9. The average molecular weight is 360 g/mol. The number of benzene rings is 2. The quantitative estimate of drug-likeness (QED) is 0.787. The Bertz CT molecular complexity index is 677. The number of anilines is 2. The lowest BCUT2D eigenvalue weighted by Crippen LogP contribution is -2.21. The highest BCUT2D eigenvalue weighted by atomic mass is 35.5. The van der Waals surface area contributed by atoms with E-state index in [4.69, 9.17) is 45.3 Å². The maximum absolute atomic E-state index is 12.0. The van der Waals surface area contributed by atoms with Crippen LogP contribution >= 0.6 is 34.8 Å². The maximum Gasteiger partial charge on any atom is 0.262 e. The summed E-state index contributed by atoms with van der Waals surface area (Å²) in [7, 11) is 0. The lowest BCUT2D eigenvalue weighted by atomic mass is 10.2. The number of halogens is 3. The number of carbonyl (C=O) groups excluding carboxylic acids is 1. The number of para-hydroxylation sites is 1. The molecule has 2 rings (SSSR count). The Hall–Kier alpha value is -1.62. The second-order valence-electron chi connectivity index (χ2n) is 4.57. The van der Waals surface area contributed by atoms with Crippen LogP contribution in [-0.2, 0) is 4.79 Å². The number of nitrogen functional groups attached to an aromatic ring is 1. The fourth-order valence-corrected chi connectivity index (χ4v) is 2.74. The van der Waals surface area contributed by atoms with Crippen molar-refractivity contribution in [3.05, 3.63) is 51.0 Å². The summed E-state index contributed by atoms with van der Waals surface area (Å²) in [5.74, 6) is 0.0126. The highest BCUT2D eigenvalue weighted by Gasteiger charge is 2.12. The first-order valence-corrected chi connectivity index (χ1v) is 7.44. The van der Waals surface area contributed by atoms with Crippen LogP contribution in [0.25, 0.3) is 0 Å². The summed E-state index contributed by atoms with van der Waals surface area (Å²) < 4.78 is 5.45. The van der Waals surface area contributed by atoms with E-state index >= 15 is 0 Å². The van der Waals surface area contributed by atoms with Crippen LogP contribution in [0.4, 0.5) is 11.4 Å². The molecule has 0 aliphatic carbocycles. The third-order valence-electron chi connectivity index (χ3n) is 2.85. The summed E-state index contributed by atoms with van der Waals surface area (Å²) in [4.78, 5) is 12.0. The van der Waals surface area contributed by atoms with Crippen molar-refractivity contribution in [1.82, 2.24) is 0 Å². The van der Waals surface area contributed by atoms with Crippen LogP contribution in [0, 0.1) is 6.92 Å². The number of aryl methyl sites for hydroxylation is 1. The number of carbonyl (C=O) groups is 1. The van der Waals surface area contributed by atoms with Crippen LogP contribution < -0.4 is 15.8 Å². The number of ether oxygens (including phenoxy) is 1. The smallest absolute Gasteiger partial charge is 0.262 e. The first kappa shape index (κ1) is 16.7. The van der Waals surface area contributed by atoms with Crippen molar-refractivity contribution < 1.29 is 9.53 Å². The van der Waals surface area contributed by atoms with E-state index in [2.05, 4.69) is 5.32 Å². The zero-order valence-corrected chi connectivity index (χ0v) is 13.9. The second-order valence-corrected chi connectivity index (χ2v) is 5.83. The molecule has 0 aliphatic heterocycles. The Kier molecular flexibility index (Phi) is 5.40. The topological polar surface area (TPSA) is 64.3 Å². The van der Waals surface area contributed by atoms with Gasteiger partial charge in [0.2, 0.25) is 0 Å². The van der Waals surface area contributed by atoms with Gasteiger partial charge in [0, 0.05) is 5.02 Å². The fraction of sp³-hybridized carbons (Fsp3) is 0.133. The molecular formula is C15H13Cl3N2O2. The fourth-order valence-electron chi connectivity index (χ4n) is 1.86. The van der Waals surface area contributed by atoms with Crippen LogP contribution in [0.15, 0.2) is 30.3 Å². The number of nitrogens with one attached hydrogen (secondary N) is 1. The van der Waals surface area contributed by atoms with Crippen molar-refractivity contribution >= 4 is 52.1 Å². The predicted octanol–water partition coefficient (Wildman–Crippen LogP) is 4.55. The van der Waals surface area contributed by atoms with Crippen LogP contribution in [0.2, 0.25) is 15.1 Å². The third kappa shape index (κ3) is 3.97. The monoisotopic (exact) mass is 358 g/mol. The minimum atomic E-state index is -0.398. The van der Waals surface area contributed by atoms with Crippen molar-refractivity contribution in [3.63, 3.8) is 0 Å². The molecule has 2 aromatic rings. The first-order chi connectivity index (χ1) is 10.4. The molecule has 4 nitrogen and oxygen atoms in total. The lowest BCUT2D eigenvalue weighted by Gasteiger charge is -2.13. The Morgan fingerprint density at radius 1 is 1.23 bits per heavy atom. The van der Waals surface area contributed by atoms with Gasteiger partial charge in [0.15, 0.2) is 6.61 Å². The molecule has 0 aromatic heterocycles. The van der Waals surface area contributed by atoms with Gasteiger partial charge in [-0.25, -0.2) is 0 Å². The van der Waals surface area contributed by atoms with Gasteiger partial charge >= 0.3 is 0 Å². The molecule has 0 fully saturated rings. The summed E-state index contributed by atoms with van der Waals surface area (Å²) in [5, 5.41) is 3.81. The van der Waals surface area contributed by atoms with Gasteiger partial charge in [0.05, 0.1) is 21.4 Å². The molecule has 116 valence electrons. The molecule has 0 bridgehead atoms. The molecule has 0 saturated carbocycles. The van der Waals surface area contributed by atoms with E-state index in [-0.39, 0.29) is 6.61 Å².